The van der Waals surface area contributed by atoms with Crippen LogP contribution in [0.1, 0.15) is 12.8 Å². The molecule has 26 heavy (non-hydrogen) atoms. The molecule has 136 valence electrons. The number of piperidine rings is 1. The first-order valence-electron chi connectivity index (χ1n) is 8.32. The fraction of sp³-hybridized carbons (Fsp3) is 0.353. The number of likely N-dealkylation sites (tertiary alicyclic amines) is 1. The van der Waals surface area contributed by atoms with Crippen LogP contribution in [0.15, 0.2) is 43.5 Å². The molecule has 1 aliphatic rings. The molecule has 9 heteroatoms. The van der Waals surface area contributed by atoms with Crippen LogP contribution >= 0.6 is 27.3 Å². The van der Waals surface area contributed by atoms with Gasteiger partial charge in [0.15, 0.2) is 10.7 Å². The smallest absolute Gasteiger partial charge is 0.408 e. The summed E-state index contributed by atoms with van der Waals surface area (Å²) < 4.78 is 7.81. The Hall–Kier alpha value is -1.97. The standard InChI is InChI=1S/C17H17BrN4O3S/c18-12-3-4-13-14(8-12)25-17(24)22(13)10-21-6-1-2-11(9-21)15(23)20-16-19-5-7-26-16/h3-5,7-8,11H,1-2,6,9-10H2,(H,19,20,23). The number of oxazole rings is 1. The van der Waals surface area contributed by atoms with E-state index < -0.39 is 0 Å². The van der Waals surface area contributed by atoms with E-state index in [0.29, 0.717) is 23.9 Å². The van der Waals surface area contributed by atoms with Crippen molar-refractivity contribution in [3.05, 3.63) is 44.8 Å². The summed E-state index contributed by atoms with van der Waals surface area (Å²) >= 11 is 4.79. The van der Waals surface area contributed by atoms with Gasteiger partial charge in [0.25, 0.3) is 0 Å². The number of carbonyl (C=O) groups is 1. The number of rotatable bonds is 4. The van der Waals surface area contributed by atoms with Gasteiger partial charge in [-0.2, -0.15) is 0 Å². The number of thiazole rings is 1. The molecule has 2 aromatic heterocycles. The van der Waals surface area contributed by atoms with Crippen LogP contribution in [-0.2, 0) is 11.5 Å². The lowest BCUT2D eigenvalue weighted by atomic mass is 9.97. The zero-order valence-corrected chi connectivity index (χ0v) is 16.3. The first-order chi connectivity index (χ1) is 12.6. The van der Waals surface area contributed by atoms with Crippen molar-refractivity contribution in [3.8, 4) is 0 Å². The summed E-state index contributed by atoms with van der Waals surface area (Å²) in [5.41, 5.74) is 1.31. The SMILES string of the molecule is O=C(Nc1nccs1)C1CCCN(Cn2c(=O)oc3cc(Br)ccc32)C1. The maximum Gasteiger partial charge on any atom is 0.421 e. The van der Waals surface area contributed by atoms with E-state index in [0.717, 1.165) is 29.4 Å². The zero-order chi connectivity index (χ0) is 18.1. The molecule has 1 atom stereocenters. The van der Waals surface area contributed by atoms with Crippen LogP contribution in [0.3, 0.4) is 0 Å². The summed E-state index contributed by atoms with van der Waals surface area (Å²) in [5.74, 6) is -0.513. The van der Waals surface area contributed by atoms with E-state index in [1.807, 2.05) is 17.5 Å². The highest BCUT2D eigenvalue weighted by atomic mass is 79.9. The summed E-state index contributed by atoms with van der Waals surface area (Å²) in [4.78, 5) is 30.9. The lowest BCUT2D eigenvalue weighted by Crippen LogP contribution is -2.42. The van der Waals surface area contributed by atoms with Gasteiger partial charge in [-0.1, -0.05) is 15.9 Å². The van der Waals surface area contributed by atoms with E-state index in [1.54, 1.807) is 16.8 Å². The van der Waals surface area contributed by atoms with Crippen molar-refractivity contribution in [3.63, 3.8) is 0 Å². The van der Waals surface area contributed by atoms with Gasteiger partial charge in [0.1, 0.15) is 0 Å². The predicted molar refractivity (Wildman–Crippen MR) is 103 cm³/mol. The number of carbonyl (C=O) groups excluding carboxylic acids is 1. The number of benzene rings is 1. The molecule has 7 nitrogen and oxygen atoms in total. The minimum absolute atomic E-state index is 0.0158. The van der Waals surface area contributed by atoms with Gasteiger partial charge < -0.3 is 9.73 Å². The lowest BCUT2D eigenvalue weighted by molar-refractivity contribution is -0.121. The summed E-state index contributed by atoms with van der Waals surface area (Å²) in [6, 6.07) is 5.53. The molecular weight excluding hydrogens is 420 g/mol. The summed E-state index contributed by atoms with van der Waals surface area (Å²) in [6.07, 6.45) is 3.41. The van der Waals surface area contributed by atoms with Crippen LogP contribution < -0.4 is 11.1 Å². The Morgan fingerprint density at radius 3 is 3.15 bits per heavy atom. The molecule has 1 N–H and O–H groups in total. The predicted octanol–water partition coefficient (Wildman–Crippen LogP) is 3.12. The van der Waals surface area contributed by atoms with Crippen molar-refractivity contribution < 1.29 is 9.21 Å². The van der Waals surface area contributed by atoms with E-state index in [9.17, 15) is 9.59 Å². The number of nitrogens with one attached hydrogen (secondary N) is 1. The average Bonchev–Trinajstić information content (AvgIpc) is 3.23. The highest BCUT2D eigenvalue weighted by Gasteiger charge is 2.27. The number of hydrogen-bond acceptors (Lipinski definition) is 6. The quantitative estimate of drug-likeness (QED) is 0.679. The van der Waals surface area contributed by atoms with Crippen molar-refractivity contribution >= 4 is 49.4 Å². The first kappa shape index (κ1) is 17.4. The Balaban J connectivity index is 1.48. The minimum atomic E-state index is -0.382. The molecule has 4 rings (SSSR count). The number of anilines is 1. The number of hydrogen-bond donors (Lipinski definition) is 1. The second-order valence-electron chi connectivity index (χ2n) is 6.29. The van der Waals surface area contributed by atoms with Crippen LogP contribution in [0.4, 0.5) is 5.13 Å². The van der Waals surface area contributed by atoms with Crippen LogP contribution in [0.25, 0.3) is 11.1 Å². The topological polar surface area (TPSA) is 80.4 Å². The van der Waals surface area contributed by atoms with Crippen LogP contribution in [0.5, 0.6) is 0 Å². The Bertz CT molecular complexity index is 982. The van der Waals surface area contributed by atoms with Gasteiger partial charge in [-0.15, -0.1) is 11.3 Å². The molecule has 0 bridgehead atoms. The van der Waals surface area contributed by atoms with E-state index in [1.165, 1.54) is 11.3 Å². The Labute approximate surface area is 161 Å². The molecular formula is C17H17BrN4O3S. The van der Waals surface area contributed by atoms with Crippen molar-refractivity contribution in [1.29, 1.82) is 0 Å². The molecule has 0 radical (unpaired) electrons. The van der Waals surface area contributed by atoms with Gasteiger partial charge in [-0.25, -0.2) is 9.78 Å². The van der Waals surface area contributed by atoms with Gasteiger partial charge >= 0.3 is 5.76 Å². The molecule has 1 amide bonds. The third-order valence-electron chi connectivity index (χ3n) is 4.51. The van der Waals surface area contributed by atoms with Crippen molar-refractivity contribution in [1.82, 2.24) is 14.5 Å². The second kappa shape index (κ2) is 7.34. The molecule has 0 spiro atoms. The Morgan fingerprint density at radius 2 is 2.35 bits per heavy atom. The van der Waals surface area contributed by atoms with Crippen molar-refractivity contribution in [2.24, 2.45) is 5.92 Å². The molecule has 3 aromatic rings. The number of aromatic nitrogens is 2. The number of fused-ring (bicyclic) bond motifs is 1. The van der Waals surface area contributed by atoms with Gasteiger partial charge in [-0.05, 0) is 37.6 Å². The van der Waals surface area contributed by atoms with E-state index in [-0.39, 0.29) is 17.6 Å². The molecule has 0 saturated carbocycles. The van der Waals surface area contributed by atoms with E-state index in [2.05, 4.69) is 31.1 Å². The minimum Gasteiger partial charge on any atom is -0.408 e. The third-order valence-corrected chi connectivity index (χ3v) is 5.69. The van der Waals surface area contributed by atoms with Gasteiger partial charge in [0.05, 0.1) is 18.1 Å². The molecule has 1 aliphatic heterocycles. The highest BCUT2D eigenvalue weighted by molar-refractivity contribution is 9.10. The van der Waals surface area contributed by atoms with Crippen molar-refractivity contribution in [2.45, 2.75) is 19.5 Å². The Kier molecular flexibility index (Phi) is 4.92. The maximum atomic E-state index is 12.5. The van der Waals surface area contributed by atoms with E-state index in [4.69, 9.17) is 4.42 Å². The summed E-state index contributed by atoms with van der Waals surface area (Å²) in [6.45, 7) is 1.86. The second-order valence-corrected chi connectivity index (χ2v) is 8.10. The van der Waals surface area contributed by atoms with Gasteiger partial charge in [0, 0.05) is 22.6 Å². The van der Waals surface area contributed by atoms with Crippen LogP contribution in [0, 0.1) is 5.92 Å². The van der Waals surface area contributed by atoms with Crippen LogP contribution in [0.2, 0.25) is 0 Å². The van der Waals surface area contributed by atoms with Crippen LogP contribution in [-0.4, -0.2) is 33.4 Å². The summed E-state index contributed by atoms with van der Waals surface area (Å²) in [5, 5.41) is 5.32. The first-order valence-corrected chi connectivity index (χ1v) is 9.99. The Morgan fingerprint density at radius 1 is 1.46 bits per heavy atom. The van der Waals surface area contributed by atoms with E-state index >= 15 is 0 Å². The average molecular weight is 437 g/mol. The number of amides is 1. The molecule has 1 fully saturated rings. The fourth-order valence-electron chi connectivity index (χ4n) is 3.26. The maximum absolute atomic E-state index is 12.5. The largest absolute Gasteiger partial charge is 0.421 e. The third kappa shape index (κ3) is 3.60. The molecule has 1 saturated heterocycles. The molecule has 3 heterocycles. The van der Waals surface area contributed by atoms with Crippen molar-refractivity contribution in [2.75, 3.05) is 18.4 Å². The van der Waals surface area contributed by atoms with Gasteiger partial charge in [-0.3, -0.25) is 14.3 Å². The number of nitrogens with zero attached hydrogens (tertiary/aromatic N) is 3. The molecule has 1 aromatic carbocycles. The monoisotopic (exact) mass is 436 g/mol. The fourth-order valence-corrected chi connectivity index (χ4v) is 4.14. The summed E-state index contributed by atoms with van der Waals surface area (Å²) in [7, 11) is 0. The highest BCUT2D eigenvalue weighted by Crippen LogP contribution is 2.22. The normalized spacial score (nSPS) is 18.3. The van der Waals surface area contributed by atoms with Gasteiger partial charge in [0.2, 0.25) is 5.91 Å². The molecule has 0 aliphatic carbocycles. The lowest BCUT2D eigenvalue weighted by Gasteiger charge is -2.31. The number of halogens is 1. The molecule has 1 unspecified atom stereocenters. The zero-order valence-electron chi connectivity index (χ0n) is 13.9.